The molecule has 0 aliphatic carbocycles. The Hall–Kier alpha value is -2.25. The number of aryl methyl sites for hydroxylation is 1. The van der Waals surface area contributed by atoms with Gasteiger partial charge in [-0.15, -0.1) is 0 Å². The minimum absolute atomic E-state index is 0.0685. The van der Waals surface area contributed by atoms with Crippen LogP contribution in [0.15, 0.2) is 42.3 Å². The molecule has 1 aliphatic rings. The normalized spacial score (nSPS) is 15.2. The summed E-state index contributed by atoms with van der Waals surface area (Å²) in [5.41, 5.74) is 0.457. The maximum atomic E-state index is 13.5. The first kappa shape index (κ1) is 18.5. The van der Waals surface area contributed by atoms with Crippen LogP contribution in [0.25, 0.3) is 10.9 Å². The fourth-order valence-electron chi connectivity index (χ4n) is 3.13. The van der Waals surface area contributed by atoms with Crippen LogP contribution < -0.4 is 4.90 Å². The predicted molar refractivity (Wildman–Crippen MR) is 97.3 cm³/mol. The summed E-state index contributed by atoms with van der Waals surface area (Å²) in [5.74, 6) is 0. The molecule has 26 heavy (non-hydrogen) atoms. The Morgan fingerprint density at radius 2 is 2.08 bits per heavy atom. The second kappa shape index (κ2) is 7.17. The van der Waals surface area contributed by atoms with Gasteiger partial charge in [-0.25, -0.2) is 8.78 Å². The van der Waals surface area contributed by atoms with E-state index in [2.05, 4.69) is 5.10 Å². The zero-order valence-electron chi connectivity index (χ0n) is 14.9. The molecule has 0 amide bonds. The number of aliphatic hydroxyl groups excluding tert-OH is 1. The fourth-order valence-corrected chi connectivity index (χ4v) is 3.13. The van der Waals surface area contributed by atoms with E-state index in [9.17, 15) is 13.9 Å². The molecule has 1 aromatic heterocycles. The number of aliphatic hydroxyl groups is 2. The molecule has 7 heteroatoms. The summed E-state index contributed by atoms with van der Waals surface area (Å²) in [4.78, 5) is 1.53. The maximum absolute atomic E-state index is 13.5. The van der Waals surface area contributed by atoms with Crippen LogP contribution in [0.1, 0.15) is 25.8 Å². The number of halogens is 2. The van der Waals surface area contributed by atoms with Gasteiger partial charge in [0.25, 0.3) is 6.43 Å². The Bertz CT molecular complexity index is 850. The predicted octanol–water partition coefficient (Wildman–Crippen LogP) is 3.17. The number of hydrogen-bond donors (Lipinski definition) is 2. The van der Waals surface area contributed by atoms with Gasteiger partial charge in [-0.2, -0.15) is 5.10 Å². The average Bonchev–Trinajstić information content (AvgIpc) is 3.00. The molecule has 0 saturated heterocycles. The number of benzene rings is 1. The highest BCUT2D eigenvalue weighted by Crippen LogP contribution is 2.37. The summed E-state index contributed by atoms with van der Waals surface area (Å²) >= 11 is 0. The van der Waals surface area contributed by atoms with Crippen LogP contribution in [-0.2, 0) is 12.1 Å². The largest absolute Gasteiger partial charge is 0.396 e. The number of hydrogen-bond acceptors (Lipinski definition) is 4. The zero-order chi connectivity index (χ0) is 18.9. The zero-order valence-corrected chi connectivity index (χ0v) is 14.9. The molecular formula is C19H23F2N3O2. The van der Waals surface area contributed by atoms with Gasteiger partial charge in [-0.1, -0.05) is 12.2 Å². The monoisotopic (exact) mass is 363 g/mol. The molecule has 140 valence electrons. The molecule has 2 aromatic rings. The molecule has 5 nitrogen and oxygen atoms in total. The lowest BCUT2D eigenvalue weighted by Gasteiger charge is -2.32. The van der Waals surface area contributed by atoms with E-state index < -0.39 is 12.0 Å². The van der Waals surface area contributed by atoms with Crippen molar-refractivity contribution in [2.45, 2.75) is 38.8 Å². The van der Waals surface area contributed by atoms with E-state index >= 15 is 0 Å². The van der Waals surface area contributed by atoms with E-state index in [1.54, 1.807) is 42.8 Å². The highest BCUT2D eigenvalue weighted by Gasteiger charge is 2.29. The molecule has 0 atom stereocenters. The fraction of sp³-hybridized carbons (Fsp3) is 0.421. The Morgan fingerprint density at radius 1 is 1.31 bits per heavy atom. The second-order valence-electron chi connectivity index (χ2n) is 6.89. The third kappa shape index (κ3) is 3.64. The first-order valence-electron chi connectivity index (χ1n) is 8.58. The van der Waals surface area contributed by atoms with Gasteiger partial charge in [0, 0.05) is 42.5 Å². The van der Waals surface area contributed by atoms with Gasteiger partial charge in [-0.3, -0.25) is 4.68 Å². The van der Waals surface area contributed by atoms with Crippen molar-refractivity contribution < 1.29 is 19.0 Å². The number of alkyl halides is 2. The second-order valence-corrected chi connectivity index (χ2v) is 6.89. The summed E-state index contributed by atoms with van der Waals surface area (Å²) in [6, 6.07) is 3.54. The third-order valence-electron chi connectivity index (χ3n) is 4.39. The number of allylic oxidation sites excluding steroid dienone is 3. The van der Waals surface area contributed by atoms with Crippen molar-refractivity contribution in [3.05, 3.63) is 47.8 Å². The van der Waals surface area contributed by atoms with Crippen LogP contribution in [0, 0.1) is 0 Å². The standard InChI is InChI=1S/C19H23F2N3O2/c1-19(2,26)14-11-15-13(12-23(22-15)7-5-9-25)10-17(14)24-8-4-3-6-16(24)18(20)21/h3-4,6,10-12,18,25-26H,5,7-9H2,1-2H3. The Morgan fingerprint density at radius 3 is 2.73 bits per heavy atom. The molecule has 3 rings (SSSR count). The smallest absolute Gasteiger partial charge is 0.278 e. The summed E-state index contributed by atoms with van der Waals surface area (Å²) in [6.07, 6.45) is 4.61. The molecule has 2 N–H and O–H groups in total. The Kier molecular flexibility index (Phi) is 5.11. The summed E-state index contributed by atoms with van der Waals surface area (Å²) < 4.78 is 28.7. The van der Waals surface area contributed by atoms with Gasteiger partial charge in [0.15, 0.2) is 0 Å². The van der Waals surface area contributed by atoms with Crippen LogP contribution in [0.3, 0.4) is 0 Å². The molecule has 0 saturated carbocycles. The quantitative estimate of drug-likeness (QED) is 0.828. The van der Waals surface area contributed by atoms with Crippen molar-refractivity contribution in [2.75, 3.05) is 18.1 Å². The number of anilines is 1. The lowest BCUT2D eigenvalue weighted by molar-refractivity contribution is 0.0791. The number of nitrogens with zero attached hydrogens (tertiary/aromatic N) is 3. The topological polar surface area (TPSA) is 61.5 Å². The van der Waals surface area contributed by atoms with Gasteiger partial charge in [0.05, 0.1) is 16.8 Å². The van der Waals surface area contributed by atoms with Crippen molar-refractivity contribution in [1.82, 2.24) is 9.78 Å². The molecule has 0 fully saturated rings. The minimum atomic E-state index is -2.61. The van der Waals surface area contributed by atoms with E-state index in [1.165, 1.54) is 11.0 Å². The molecule has 1 aliphatic heterocycles. The molecule has 1 aromatic carbocycles. The van der Waals surface area contributed by atoms with Gasteiger partial charge in [0.2, 0.25) is 0 Å². The van der Waals surface area contributed by atoms with Gasteiger partial charge >= 0.3 is 0 Å². The summed E-state index contributed by atoms with van der Waals surface area (Å²) in [5, 5.41) is 24.9. The highest BCUT2D eigenvalue weighted by molar-refractivity contribution is 5.85. The number of aromatic nitrogens is 2. The van der Waals surface area contributed by atoms with Gasteiger partial charge in [-0.05, 0) is 38.5 Å². The van der Waals surface area contributed by atoms with E-state index in [1.807, 2.05) is 6.20 Å². The van der Waals surface area contributed by atoms with Crippen molar-refractivity contribution in [3.8, 4) is 0 Å². The number of fused-ring (bicyclic) bond motifs is 1. The molecule has 0 unspecified atom stereocenters. The van der Waals surface area contributed by atoms with Gasteiger partial charge in [0.1, 0.15) is 0 Å². The van der Waals surface area contributed by atoms with Crippen molar-refractivity contribution >= 4 is 16.6 Å². The number of rotatable bonds is 6. The van der Waals surface area contributed by atoms with E-state index in [-0.39, 0.29) is 12.3 Å². The average molecular weight is 363 g/mol. The Balaban J connectivity index is 2.13. The third-order valence-corrected chi connectivity index (χ3v) is 4.39. The summed E-state index contributed by atoms with van der Waals surface area (Å²) in [7, 11) is 0. The van der Waals surface area contributed by atoms with Crippen molar-refractivity contribution in [2.24, 2.45) is 0 Å². The highest BCUT2D eigenvalue weighted by atomic mass is 19.3. The lowest BCUT2D eigenvalue weighted by Crippen LogP contribution is -2.31. The van der Waals surface area contributed by atoms with Crippen LogP contribution in [0.2, 0.25) is 0 Å². The first-order chi connectivity index (χ1) is 12.3. The maximum Gasteiger partial charge on any atom is 0.278 e. The summed E-state index contributed by atoms with van der Waals surface area (Å²) in [6.45, 7) is 4.20. The van der Waals surface area contributed by atoms with Gasteiger partial charge < -0.3 is 15.1 Å². The Labute approximate surface area is 150 Å². The van der Waals surface area contributed by atoms with Crippen LogP contribution >= 0.6 is 0 Å². The van der Waals surface area contributed by atoms with Crippen LogP contribution in [0.5, 0.6) is 0 Å². The van der Waals surface area contributed by atoms with Crippen LogP contribution in [-0.4, -0.2) is 39.6 Å². The molecular weight excluding hydrogens is 340 g/mol. The van der Waals surface area contributed by atoms with E-state index in [0.717, 1.165) is 5.39 Å². The van der Waals surface area contributed by atoms with E-state index in [0.29, 0.717) is 36.3 Å². The minimum Gasteiger partial charge on any atom is -0.396 e. The molecule has 2 heterocycles. The van der Waals surface area contributed by atoms with Crippen molar-refractivity contribution in [3.63, 3.8) is 0 Å². The molecule has 0 bridgehead atoms. The first-order valence-corrected chi connectivity index (χ1v) is 8.58. The van der Waals surface area contributed by atoms with Crippen molar-refractivity contribution in [1.29, 1.82) is 0 Å². The SMILES string of the molecule is CC(C)(O)c1cc2nn(CCCO)cc2cc1N1CC=CC=C1C(F)F. The lowest BCUT2D eigenvalue weighted by atomic mass is 9.94. The molecule has 0 spiro atoms. The van der Waals surface area contributed by atoms with E-state index in [4.69, 9.17) is 5.11 Å². The van der Waals surface area contributed by atoms with Crippen LogP contribution in [0.4, 0.5) is 14.5 Å². The molecule has 0 radical (unpaired) electrons.